The van der Waals surface area contributed by atoms with E-state index in [9.17, 15) is 0 Å². The molecule has 0 saturated heterocycles. The fourth-order valence-corrected chi connectivity index (χ4v) is 2.17. The first kappa shape index (κ1) is 12.7. The number of rotatable bonds is 3. The van der Waals surface area contributed by atoms with E-state index in [2.05, 4.69) is 47.3 Å². The SMILES string of the molecule is Cc1ccc(-c2ccc3nnc(CCN)n3n2)cc1C. The van der Waals surface area contributed by atoms with Crippen LogP contribution in [0.4, 0.5) is 0 Å². The van der Waals surface area contributed by atoms with Crippen LogP contribution in [0.1, 0.15) is 17.0 Å². The van der Waals surface area contributed by atoms with Gasteiger partial charge >= 0.3 is 0 Å². The molecule has 2 N–H and O–H groups in total. The summed E-state index contributed by atoms with van der Waals surface area (Å²) in [6.07, 6.45) is 0.671. The van der Waals surface area contributed by atoms with Crippen molar-refractivity contribution in [1.82, 2.24) is 19.8 Å². The molecule has 0 aliphatic heterocycles. The lowest BCUT2D eigenvalue weighted by Gasteiger charge is -2.05. The molecule has 5 heteroatoms. The topological polar surface area (TPSA) is 69.1 Å². The van der Waals surface area contributed by atoms with Crippen LogP contribution in [-0.2, 0) is 6.42 Å². The summed E-state index contributed by atoms with van der Waals surface area (Å²) in [6.45, 7) is 4.75. The number of nitrogens with two attached hydrogens (primary N) is 1. The lowest BCUT2D eigenvalue weighted by Crippen LogP contribution is -2.08. The molecule has 5 nitrogen and oxygen atoms in total. The van der Waals surface area contributed by atoms with Gasteiger partial charge in [-0.15, -0.1) is 10.2 Å². The van der Waals surface area contributed by atoms with Gasteiger partial charge in [-0.25, -0.2) is 0 Å². The highest BCUT2D eigenvalue weighted by atomic mass is 15.4. The van der Waals surface area contributed by atoms with E-state index in [4.69, 9.17) is 5.73 Å². The Balaban J connectivity index is 2.11. The summed E-state index contributed by atoms with van der Waals surface area (Å²) in [7, 11) is 0. The second kappa shape index (κ2) is 5.02. The van der Waals surface area contributed by atoms with Gasteiger partial charge in [0.1, 0.15) is 0 Å². The van der Waals surface area contributed by atoms with Crippen LogP contribution in [0, 0.1) is 13.8 Å². The van der Waals surface area contributed by atoms with E-state index in [0.29, 0.717) is 13.0 Å². The molecule has 0 saturated carbocycles. The number of nitrogens with zero attached hydrogens (tertiary/aromatic N) is 4. The summed E-state index contributed by atoms with van der Waals surface area (Å²) in [5.74, 6) is 0.799. The average molecular weight is 267 g/mol. The first-order valence-electron chi connectivity index (χ1n) is 6.68. The van der Waals surface area contributed by atoms with Crippen LogP contribution in [0.3, 0.4) is 0 Å². The third kappa shape index (κ3) is 2.16. The van der Waals surface area contributed by atoms with E-state index in [1.54, 1.807) is 4.52 Å². The van der Waals surface area contributed by atoms with Gasteiger partial charge in [-0.2, -0.15) is 9.61 Å². The summed E-state index contributed by atoms with van der Waals surface area (Å²) in [4.78, 5) is 0. The van der Waals surface area contributed by atoms with Crippen molar-refractivity contribution < 1.29 is 0 Å². The third-order valence-corrected chi connectivity index (χ3v) is 3.50. The number of hydrogen-bond acceptors (Lipinski definition) is 4. The maximum absolute atomic E-state index is 5.59. The smallest absolute Gasteiger partial charge is 0.177 e. The molecule has 20 heavy (non-hydrogen) atoms. The molecular formula is C15H17N5. The summed E-state index contributed by atoms with van der Waals surface area (Å²) >= 11 is 0. The van der Waals surface area contributed by atoms with Crippen LogP contribution < -0.4 is 5.73 Å². The standard InChI is InChI=1S/C15H17N5/c1-10-3-4-12(9-11(10)2)13-5-6-14-17-18-15(7-8-16)20(14)19-13/h3-6,9H,7-8,16H2,1-2H3. The fourth-order valence-electron chi connectivity index (χ4n) is 2.17. The van der Waals surface area contributed by atoms with Gasteiger partial charge in [0.05, 0.1) is 5.69 Å². The Morgan fingerprint density at radius 3 is 2.65 bits per heavy atom. The highest BCUT2D eigenvalue weighted by Crippen LogP contribution is 2.20. The Bertz CT molecular complexity index is 760. The van der Waals surface area contributed by atoms with E-state index >= 15 is 0 Å². The largest absolute Gasteiger partial charge is 0.330 e. The van der Waals surface area contributed by atoms with Crippen molar-refractivity contribution in [2.24, 2.45) is 5.73 Å². The van der Waals surface area contributed by atoms with Gasteiger partial charge in [0.15, 0.2) is 11.5 Å². The van der Waals surface area contributed by atoms with Gasteiger partial charge in [-0.05, 0) is 49.7 Å². The molecule has 3 aromatic rings. The molecule has 102 valence electrons. The van der Waals surface area contributed by atoms with Gasteiger partial charge < -0.3 is 5.73 Å². The normalized spacial score (nSPS) is 11.2. The maximum atomic E-state index is 5.59. The van der Waals surface area contributed by atoms with Crippen molar-refractivity contribution in [2.75, 3.05) is 6.54 Å². The Kier molecular flexibility index (Phi) is 3.20. The maximum Gasteiger partial charge on any atom is 0.177 e. The van der Waals surface area contributed by atoms with Gasteiger partial charge in [0, 0.05) is 12.0 Å². The second-order valence-corrected chi connectivity index (χ2v) is 4.94. The van der Waals surface area contributed by atoms with Crippen molar-refractivity contribution in [1.29, 1.82) is 0 Å². The van der Waals surface area contributed by atoms with E-state index in [1.807, 2.05) is 12.1 Å². The van der Waals surface area contributed by atoms with Gasteiger partial charge in [0.25, 0.3) is 0 Å². The van der Waals surface area contributed by atoms with E-state index in [1.165, 1.54) is 11.1 Å². The number of benzene rings is 1. The Morgan fingerprint density at radius 2 is 1.90 bits per heavy atom. The Hall–Kier alpha value is -2.27. The van der Waals surface area contributed by atoms with Gasteiger partial charge in [0.2, 0.25) is 0 Å². The van der Waals surface area contributed by atoms with Crippen LogP contribution in [0.5, 0.6) is 0 Å². The minimum atomic E-state index is 0.538. The van der Waals surface area contributed by atoms with Crippen molar-refractivity contribution >= 4 is 5.65 Å². The van der Waals surface area contributed by atoms with Crippen LogP contribution in [0.2, 0.25) is 0 Å². The van der Waals surface area contributed by atoms with Crippen molar-refractivity contribution in [3.8, 4) is 11.3 Å². The summed E-state index contributed by atoms with van der Waals surface area (Å²) in [5.41, 5.74) is 10.9. The van der Waals surface area contributed by atoms with Crippen molar-refractivity contribution in [2.45, 2.75) is 20.3 Å². The molecule has 0 unspecified atom stereocenters. The minimum absolute atomic E-state index is 0.538. The zero-order chi connectivity index (χ0) is 14.1. The van der Waals surface area contributed by atoms with Crippen molar-refractivity contribution in [3.63, 3.8) is 0 Å². The first-order valence-corrected chi connectivity index (χ1v) is 6.68. The summed E-state index contributed by atoms with van der Waals surface area (Å²) in [6, 6.07) is 10.3. The molecule has 0 atom stereocenters. The summed E-state index contributed by atoms with van der Waals surface area (Å²) < 4.78 is 1.78. The summed E-state index contributed by atoms with van der Waals surface area (Å²) in [5, 5.41) is 12.9. The van der Waals surface area contributed by atoms with Crippen LogP contribution in [0.25, 0.3) is 16.9 Å². The highest BCUT2D eigenvalue weighted by Gasteiger charge is 2.08. The minimum Gasteiger partial charge on any atom is -0.330 e. The quantitative estimate of drug-likeness (QED) is 0.787. The van der Waals surface area contributed by atoms with E-state index < -0.39 is 0 Å². The molecule has 0 aliphatic rings. The number of aromatic nitrogens is 4. The molecule has 0 aliphatic carbocycles. The molecule has 0 radical (unpaired) electrons. The molecule has 0 spiro atoms. The number of fused-ring (bicyclic) bond motifs is 1. The van der Waals surface area contributed by atoms with Gasteiger partial charge in [-0.1, -0.05) is 12.1 Å². The van der Waals surface area contributed by atoms with Crippen LogP contribution >= 0.6 is 0 Å². The molecular weight excluding hydrogens is 250 g/mol. The number of aryl methyl sites for hydroxylation is 2. The lowest BCUT2D eigenvalue weighted by atomic mass is 10.0. The molecule has 0 fully saturated rings. The predicted octanol–water partition coefficient (Wildman–Crippen LogP) is 1.91. The Morgan fingerprint density at radius 1 is 1.05 bits per heavy atom. The fraction of sp³-hybridized carbons (Fsp3) is 0.267. The van der Waals surface area contributed by atoms with Crippen LogP contribution in [0.15, 0.2) is 30.3 Å². The first-order chi connectivity index (χ1) is 9.69. The molecule has 0 bridgehead atoms. The van der Waals surface area contributed by atoms with E-state index in [-0.39, 0.29) is 0 Å². The molecule has 2 heterocycles. The number of hydrogen-bond donors (Lipinski definition) is 1. The zero-order valence-corrected chi connectivity index (χ0v) is 11.7. The highest BCUT2D eigenvalue weighted by molar-refractivity contribution is 5.61. The molecule has 0 amide bonds. The Labute approximate surface area is 117 Å². The zero-order valence-electron chi connectivity index (χ0n) is 11.7. The predicted molar refractivity (Wildman–Crippen MR) is 78.5 cm³/mol. The third-order valence-electron chi connectivity index (χ3n) is 3.50. The van der Waals surface area contributed by atoms with Crippen LogP contribution in [-0.4, -0.2) is 26.4 Å². The lowest BCUT2D eigenvalue weighted by molar-refractivity contribution is 0.793. The monoisotopic (exact) mass is 267 g/mol. The molecule has 3 rings (SSSR count). The second-order valence-electron chi connectivity index (χ2n) is 4.94. The van der Waals surface area contributed by atoms with Crippen molar-refractivity contribution in [3.05, 3.63) is 47.3 Å². The molecule has 1 aromatic carbocycles. The van der Waals surface area contributed by atoms with Gasteiger partial charge in [-0.3, -0.25) is 0 Å². The van der Waals surface area contributed by atoms with E-state index in [0.717, 1.165) is 22.7 Å². The average Bonchev–Trinajstić information content (AvgIpc) is 2.85. The molecule has 2 aromatic heterocycles.